The molecule has 0 bridgehead atoms. The maximum Gasteiger partial charge on any atom is 0.212 e. The van der Waals surface area contributed by atoms with Crippen molar-refractivity contribution in [3.05, 3.63) is 68.9 Å². The SMILES string of the molecule is CCCc1nnc(SCc2ccc(Cl)cc2)n1/N=C/c1cc(Br)ccc1OC. The Morgan fingerprint density at radius 2 is 2.00 bits per heavy atom. The van der Waals surface area contributed by atoms with Crippen LogP contribution in [0, 0.1) is 0 Å². The minimum atomic E-state index is 0.731. The second-order valence-electron chi connectivity index (χ2n) is 6.01. The highest BCUT2D eigenvalue weighted by atomic mass is 79.9. The summed E-state index contributed by atoms with van der Waals surface area (Å²) < 4.78 is 8.20. The molecule has 2 aromatic carbocycles. The van der Waals surface area contributed by atoms with Crippen molar-refractivity contribution in [1.82, 2.24) is 14.9 Å². The Kier molecular flexibility index (Phi) is 7.53. The quantitative estimate of drug-likeness (QED) is 0.301. The van der Waals surface area contributed by atoms with Gasteiger partial charge in [-0.25, -0.2) is 0 Å². The van der Waals surface area contributed by atoms with E-state index in [0.29, 0.717) is 0 Å². The number of aryl methyl sites for hydroxylation is 1. The van der Waals surface area contributed by atoms with Crippen LogP contribution in [0.5, 0.6) is 5.75 Å². The first-order valence-electron chi connectivity index (χ1n) is 8.80. The molecule has 1 aromatic heterocycles. The largest absolute Gasteiger partial charge is 0.496 e. The van der Waals surface area contributed by atoms with Gasteiger partial charge in [0.25, 0.3) is 0 Å². The van der Waals surface area contributed by atoms with Crippen molar-refractivity contribution in [2.24, 2.45) is 5.10 Å². The van der Waals surface area contributed by atoms with Crippen molar-refractivity contribution in [2.75, 3.05) is 7.11 Å². The van der Waals surface area contributed by atoms with Gasteiger partial charge in [-0.1, -0.05) is 58.3 Å². The Morgan fingerprint density at radius 3 is 2.71 bits per heavy atom. The van der Waals surface area contributed by atoms with E-state index in [4.69, 9.17) is 16.3 Å². The van der Waals surface area contributed by atoms with Crippen LogP contribution in [-0.4, -0.2) is 28.2 Å². The third kappa shape index (κ3) is 5.37. The van der Waals surface area contributed by atoms with Crippen LogP contribution in [0.15, 0.2) is 57.2 Å². The summed E-state index contributed by atoms with van der Waals surface area (Å²) in [7, 11) is 1.65. The molecule has 0 saturated carbocycles. The van der Waals surface area contributed by atoms with Gasteiger partial charge in [-0.15, -0.1) is 10.2 Å². The van der Waals surface area contributed by atoms with Gasteiger partial charge in [0.2, 0.25) is 5.16 Å². The zero-order chi connectivity index (χ0) is 19.9. The number of hydrogen-bond acceptors (Lipinski definition) is 5. The molecule has 1 heterocycles. The van der Waals surface area contributed by atoms with Gasteiger partial charge < -0.3 is 4.74 Å². The summed E-state index contributed by atoms with van der Waals surface area (Å²) in [6.07, 6.45) is 3.55. The Balaban J connectivity index is 1.85. The predicted molar refractivity (Wildman–Crippen MR) is 119 cm³/mol. The first kappa shape index (κ1) is 20.9. The summed E-state index contributed by atoms with van der Waals surface area (Å²) >= 11 is 11.0. The van der Waals surface area contributed by atoms with Gasteiger partial charge in [0.15, 0.2) is 5.82 Å². The van der Waals surface area contributed by atoms with E-state index < -0.39 is 0 Å². The molecule has 0 aliphatic carbocycles. The molecule has 0 spiro atoms. The number of hydrogen-bond donors (Lipinski definition) is 0. The molecule has 28 heavy (non-hydrogen) atoms. The average molecular weight is 480 g/mol. The summed E-state index contributed by atoms with van der Waals surface area (Å²) in [4.78, 5) is 0. The lowest BCUT2D eigenvalue weighted by molar-refractivity contribution is 0.414. The number of nitrogens with zero attached hydrogens (tertiary/aromatic N) is 4. The predicted octanol–water partition coefficient (Wildman–Crippen LogP) is 5.83. The maximum absolute atomic E-state index is 5.96. The second-order valence-corrected chi connectivity index (χ2v) is 8.30. The van der Waals surface area contributed by atoms with Crippen LogP contribution in [0.4, 0.5) is 0 Å². The number of halogens is 2. The number of aromatic nitrogens is 3. The van der Waals surface area contributed by atoms with Gasteiger partial charge in [0, 0.05) is 27.2 Å². The molecule has 146 valence electrons. The van der Waals surface area contributed by atoms with Crippen LogP contribution in [0.2, 0.25) is 5.02 Å². The number of thioether (sulfide) groups is 1. The lowest BCUT2D eigenvalue weighted by Gasteiger charge is -2.06. The van der Waals surface area contributed by atoms with Crippen molar-refractivity contribution in [2.45, 2.75) is 30.7 Å². The van der Waals surface area contributed by atoms with E-state index >= 15 is 0 Å². The van der Waals surface area contributed by atoms with Crippen LogP contribution >= 0.6 is 39.3 Å². The molecule has 0 fully saturated rings. The maximum atomic E-state index is 5.96. The molecule has 0 aliphatic heterocycles. The summed E-state index contributed by atoms with van der Waals surface area (Å²) in [5.41, 5.74) is 2.04. The summed E-state index contributed by atoms with van der Waals surface area (Å²) in [5, 5.41) is 14.8. The molecule has 0 unspecified atom stereocenters. The van der Waals surface area contributed by atoms with Gasteiger partial charge in [-0.3, -0.25) is 0 Å². The number of ether oxygens (including phenoxy) is 1. The van der Waals surface area contributed by atoms with Crippen LogP contribution in [-0.2, 0) is 12.2 Å². The average Bonchev–Trinajstić information content (AvgIpc) is 3.08. The fraction of sp³-hybridized carbons (Fsp3) is 0.250. The van der Waals surface area contributed by atoms with E-state index in [0.717, 1.165) is 50.4 Å². The zero-order valence-corrected chi connectivity index (χ0v) is 18.8. The summed E-state index contributed by atoms with van der Waals surface area (Å²) in [6, 6.07) is 13.6. The lowest BCUT2D eigenvalue weighted by atomic mass is 10.2. The monoisotopic (exact) mass is 478 g/mol. The molecular weight excluding hydrogens is 460 g/mol. The van der Waals surface area contributed by atoms with Gasteiger partial charge in [0.1, 0.15) is 5.75 Å². The van der Waals surface area contributed by atoms with E-state index in [-0.39, 0.29) is 0 Å². The topological polar surface area (TPSA) is 52.3 Å². The van der Waals surface area contributed by atoms with E-state index in [1.807, 2.05) is 47.1 Å². The molecule has 0 saturated heterocycles. The van der Waals surface area contributed by atoms with Crippen LogP contribution < -0.4 is 4.74 Å². The first-order chi connectivity index (χ1) is 13.6. The summed E-state index contributed by atoms with van der Waals surface area (Å²) in [5.74, 6) is 2.36. The normalized spacial score (nSPS) is 11.3. The summed E-state index contributed by atoms with van der Waals surface area (Å²) in [6.45, 7) is 2.11. The van der Waals surface area contributed by atoms with Crippen LogP contribution in [0.25, 0.3) is 0 Å². The van der Waals surface area contributed by atoms with Crippen LogP contribution in [0.3, 0.4) is 0 Å². The van der Waals surface area contributed by atoms with Crippen molar-refractivity contribution >= 4 is 45.5 Å². The number of rotatable bonds is 8. The van der Waals surface area contributed by atoms with Gasteiger partial charge in [-0.05, 0) is 42.3 Å². The molecule has 3 rings (SSSR count). The molecule has 0 atom stereocenters. The Morgan fingerprint density at radius 1 is 1.21 bits per heavy atom. The third-order valence-electron chi connectivity index (χ3n) is 3.94. The fourth-order valence-corrected chi connectivity index (χ4v) is 3.90. The number of benzene rings is 2. The standard InChI is InChI=1S/C20H20BrClN4OS/c1-3-4-19-24-25-20(28-13-14-5-8-17(22)9-6-14)26(19)23-12-15-11-16(21)7-10-18(15)27-2/h5-12H,3-4,13H2,1-2H3/b23-12+. The van der Waals surface area contributed by atoms with Crippen molar-refractivity contribution < 1.29 is 4.74 Å². The zero-order valence-electron chi connectivity index (χ0n) is 15.6. The second kappa shape index (κ2) is 10.1. The molecule has 5 nitrogen and oxygen atoms in total. The van der Waals surface area contributed by atoms with Crippen molar-refractivity contribution in [3.63, 3.8) is 0 Å². The van der Waals surface area contributed by atoms with E-state index in [9.17, 15) is 0 Å². The molecule has 0 radical (unpaired) electrons. The molecular formula is C20H20BrClN4OS. The van der Waals surface area contributed by atoms with E-state index in [2.05, 4.69) is 38.2 Å². The minimum absolute atomic E-state index is 0.731. The smallest absolute Gasteiger partial charge is 0.212 e. The molecule has 3 aromatic rings. The lowest BCUT2D eigenvalue weighted by Crippen LogP contribution is -2.01. The van der Waals surface area contributed by atoms with Crippen LogP contribution in [0.1, 0.15) is 30.3 Å². The molecule has 0 aliphatic rings. The van der Waals surface area contributed by atoms with Gasteiger partial charge in [0.05, 0.1) is 13.3 Å². The highest BCUT2D eigenvalue weighted by molar-refractivity contribution is 9.10. The third-order valence-corrected chi connectivity index (χ3v) is 5.67. The first-order valence-corrected chi connectivity index (χ1v) is 11.0. The Bertz CT molecular complexity index is 959. The van der Waals surface area contributed by atoms with Crippen molar-refractivity contribution in [3.8, 4) is 5.75 Å². The highest BCUT2D eigenvalue weighted by Gasteiger charge is 2.12. The van der Waals surface area contributed by atoms with E-state index in [1.165, 1.54) is 5.56 Å². The highest BCUT2D eigenvalue weighted by Crippen LogP contribution is 2.25. The van der Waals surface area contributed by atoms with E-state index in [1.54, 1.807) is 25.1 Å². The number of methoxy groups -OCH3 is 1. The minimum Gasteiger partial charge on any atom is -0.496 e. The fourth-order valence-electron chi connectivity index (χ4n) is 2.54. The Hall–Kier alpha value is -1.83. The van der Waals surface area contributed by atoms with Gasteiger partial charge >= 0.3 is 0 Å². The molecule has 0 amide bonds. The van der Waals surface area contributed by atoms with Crippen molar-refractivity contribution in [1.29, 1.82) is 0 Å². The Labute approximate surface area is 182 Å². The molecule has 8 heteroatoms. The molecule has 0 N–H and O–H groups in total. The van der Waals surface area contributed by atoms with Gasteiger partial charge in [-0.2, -0.15) is 9.78 Å².